The minimum absolute atomic E-state index is 0.176. The monoisotopic (exact) mass is 272 g/mol. The second-order valence-corrected chi connectivity index (χ2v) is 4.30. The number of rotatable bonds is 3. The van der Waals surface area contributed by atoms with Crippen LogP contribution >= 0.6 is 23.2 Å². The quantitative estimate of drug-likeness (QED) is 0.397. The first-order valence-electron chi connectivity index (χ1n) is 4.75. The van der Waals surface area contributed by atoms with Gasteiger partial charge in [0.05, 0.1) is 5.02 Å². The zero-order valence-electron chi connectivity index (χ0n) is 9.25. The molecule has 90 valence electrons. The van der Waals surface area contributed by atoms with Gasteiger partial charge in [-0.25, -0.2) is 0 Å². The van der Waals surface area contributed by atoms with Crippen molar-refractivity contribution in [2.24, 2.45) is 0 Å². The molecule has 0 fully saturated rings. The third-order valence-electron chi connectivity index (χ3n) is 2.13. The van der Waals surface area contributed by atoms with Gasteiger partial charge < -0.3 is 5.11 Å². The fourth-order valence-electron chi connectivity index (χ4n) is 1.40. The molecule has 0 atom stereocenters. The Hall–Kier alpha value is -1.32. The normalized spacial score (nSPS) is 9.88. The van der Waals surface area contributed by atoms with Gasteiger partial charge in [-0.2, -0.15) is 0 Å². The van der Waals surface area contributed by atoms with Gasteiger partial charge in [-0.05, 0) is 32.0 Å². The highest BCUT2D eigenvalue weighted by Gasteiger charge is 2.19. The van der Waals surface area contributed by atoms with Gasteiger partial charge in [-0.3, -0.25) is 9.59 Å². The van der Waals surface area contributed by atoms with Crippen molar-refractivity contribution in [1.82, 2.24) is 0 Å². The van der Waals surface area contributed by atoms with Crippen LogP contribution in [0.3, 0.4) is 0 Å². The number of hydrogen-bond donors (Lipinski definition) is 1. The predicted octanol–water partition coefficient (Wildman–Crippen LogP) is 3.44. The molecule has 1 aromatic carbocycles. The van der Waals surface area contributed by atoms with Crippen molar-refractivity contribution < 1.29 is 14.7 Å². The van der Waals surface area contributed by atoms with E-state index < -0.39 is 17.3 Å². The molecule has 17 heavy (non-hydrogen) atoms. The molecule has 0 unspecified atom stereocenters. The molecule has 1 aromatic rings. The average Bonchev–Trinajstić information content (AvgIpc) is 2.15. The summed E-state index contributed by atoms with van der Waals surface area (Å²) in [7, 11) is 0. The molecule has 0 amide bonds. The number of Topliss-reactive ketones (excluding diaryl/α,β-unsaturated/α-hetero) is 2. The van der Waals surface area contributed by atoms with Gasteiger partial charge in [0.25, 0.3) is 0 Å². The first kappa shape index (κ1) is 13.7. The largest absolute Gasteiger partial charge is 0.506 e. The Morgan fingerprint density at radius 1 is 1.12 bits per heavy atom. The number of hydrogen-bond acceptors (Lipinski definition) is 3. The molecule has 0 radical (unpaired) electrons. The molecule has 0 heterocycles. The van der Waals surface area contributed by atoms with Crippen LogP contribution in [0, 0.1) is 0 Å². The minimum Gasteiger partial charge on any atom is -0.506 e. The molecule has 0 saturated heterocycles. The van der Waals surface area contributed by atoms with Gasteiger partial charge >= 0.3 is 0 Å². The average molecular weight is 273 g/mol. The maximum absolute atomic E-state index is 11.3. The number of allylic oxidation sites excluding steroid dienone is 1. The lowest BCUT2D eigenvalue weighted by Gasteiger charge is -2.07. The van der Waals surface area contributed by atoms with Crippen molar-refractivity contribution >= 4 is 40.5 Å². The summed E-state index contributed by atoms with van der Waals surface area (Å²) in [5.74, 6) is -1.45. The van der Waals surface area contributed by atoms with E-state index in [4.69, 9.17) is 23.2 Å². The standard InChI is InChI=1S/C12H10Cl2O3/c1-6(15)11(7(2)16)12(17)9-4-3-8(13)5-10(9)14/h3-5,17H,1-2H3. The van der Waals surface area contributed by atoms with Crippen molar-refractivity contribution in [3.05, 3.63) is 39.4 Å². The molecular weight excluding hydrogens is 263 g/mol. The lowest BCUT2D eigenvalue weighted by Crippen LogP contribution is -2.09. The number of benzene rings is 1. The van der Waals surface area contributed by atoms with Crippen LogP contribution in [0.15, 0.2) is 23.8 Å². The lowest BCUT2D eigenvalue weighted by molar-refractivity contribution is -0.119. The Kier molecular flexibility index (Phi) is 4.32. The zero-order valence-corrected chi connectivity index (χ0v) is 10.8. The van der Waals surface area contributed by atoms with E-state index in [1.807, 2.05) is 0 Å². The van der Waals surface area contributed by atoms with E-state index >= 15 is 0 Å². The number of aliphatic hydroxyl groups is 1. The predicted molar refractivity (Wildman–Crippen MR) is 67.4 cm³/mol. The molecule has 1 N–H and O–H groups in total. The number of halogens is 2. The summed E-state index contributed by atoms with van der Waals surface area (Å²) in [6.07, 6.45) is 0. The third kappa shape index (κ3) is 3.08. The summed E-state index contributed by atoms with van der Waals surface area (Å²) >= 11 is 11.6. The van der Waals surface area contributed by atoms with Crippen LogP contribution in [0.2, 0.25) is 10.0 Å². The van der Waals surface area contributed by atoms with Crippen LogP contribution in [-0.4, -0.2) is 16.7 Å². The van der Waals surface area contributed by atoms with E-state index in [1.165, 1.54) is 32.0 Å². The van der Waals surface area contributed by atoms with E-state index in [0.717, 1.165) is 0 Å². The van der Waals surface area contributed by atoms with Crippen LogP contribution < -0.4 is 0 Å². The Morgan fingerprint density at radius 2 is 1.65 bits per heavy atom. The van der Waals surface area contributed by atoms with Gasteiger partial charge in [0.2, 0.25) is 0 Å². The third-order valence-corrected chi connectivity index (χ3v) is 2.67. The second kappa shape index (κ2) is 5.34. The number of carbonyl (C=O) groups excluding carboxylic acids is 2. The Labute approximate surface area is 109 Å². The van der Waals surface area contributed by atoms with E-state index in [2.05, 4.69) is 0 Å². The molecule has 0 spiro atoms. The van der Waals surface area contributed by atoms with Crippen LogP contribution in [0.5, 0.6) is 0 Å². The highest BCUT2D eigenvalue weighted by molar-refractivity contribution is 6.36. The smallest absolute Gasteiger partial charge is 0.167 e. The van der Waals surface area contributed by atoms with Crippen LogP contribution in [-0.2, 0) is 9.59 Å². The molecule has 0 aliphatic rings. The fourth-order valence-corrected chi connectivity index (χ4v) is 1.90. The zero-order chi connectivity index (χ0) is 13.2. The summed E-state index contributed by atoms with van der Waals surface area (Å²) in [5.41, 5.74) is -0.0642. The van der Waals surface area contributed by atoms with Gasteiger partial charge in [0.1, 0.15) is 11.3 Å². The number of ketones is 2. The summed E-state index contributed by atoms with van der Waals surface area (Å²) in [5, 5.41) is 10.5. The molecule has 0 aliphatic carbocycles. The van der Waals surface area contributed by atoms with E-state index in [1.54, 1.807) is 0 Å². The fraction of sp³-hybridized carbons (Fsp3) is 0.167. The van der Waals surface area contributed by atoms with Gasteiger partial charge in [-0.1, -0.05) is 23.2 Å². The first-order valence-corrected chi connectivity index (χ1v) is 5.50. The van der Waals surface area contributed by atoms with Crippen LogP contribution in [0.4, 0.5) is 0 Å². The maximum atomic E-state index is 11.3. The van der Waals surface area contributed by atoms with E-state index in [0.29, 0.717) is 5.02 Å². The van der Waals surface area contributed by atoms with Crippen molar-refractivity contribution in [3.63, 3.8) is 0 Å². The van der Waals surface area contributed by atoms with Crippen molar-refractivity contribution in [2.75, 3.05) is 0 Å². The maximum Gasteiger partial charge on any atom is 0.167 e. The molecule has 3 nitrogen and oxygen atoms in total. The first-order chi connectivity index (χ1) is 7.84. The second-order valence-electron chi connectivity index (χ2n) is 3.46. The highest BCUT2D eigenvalue weighted by Crippen LogP contribution is 2.27. The molecule has 0 aromatic heterocycles. The molecule has 0 bridgehead atoms. The summed E-state index contributed by atoms with van der Waals surface area (Å²) < 4.78 is 0. The lowest BCUT2D eigenvalue weighted by atomic mass is 10.0. The van der Waals surface area contributed by atoms with Crippen molar-refractivity contribution in [2.45, 2.75) is 13.8 Å². The molecule has 0 saturated carbocycles. The van der Waals surface area contributed by atoms with Crippen LogP contribution in [0.25, 0.3) is 5.76 Å². The molecule has 5 heteroatoms. The highest BCUT2D eigenvalue weighted by atomic mass is 35.5. The number of aliphatic hydroxyl groups excluding tert-OH is 1. The minimum atomic E-state index is -0.513. The van der Waals surface area contributed by atoms with Gasteiger partial charge in [0, 0.05) is 10.6 Å². The van der Waals surface area contributed by atoms with Crippen LogP contribution in [0.1, 0.15) is 19.4 Å². The molecule has 0 aliphatic heterocycles. The summed E-state index contributed by atoms with van der Waals surface area (Å²) in [6.45, 7) is 2.41. The molecular formula is C12H10Cl2O3. The topological polar surface area (TPSA) is 54.4 Å². The van der Waals surface area contributed by atoms with E-state index in [9.17, 15) is 14.7 Å². The summed E-state index contributed by atoms with van der Waals surface area (Å²) in [4.78, 5) is 22.5. The van der Waals surface area contributed by atoms with E-state index in [-0.39, 0.29) is 16.2 Å². The SMILES string of the molecule is CC(=O)C(C(C)=O)=C(O)c1ccc(Cl)cc1Cl. The number of carbonyl (C=O) groups is 2. The Bertz CT molecular complexity index is 502. The van der Waals surface area contributed by atoms with Gasteiger partial charge in [-0.15, -0.1) is 0 Å². The molecule has 1 rings (SSSR count). The Balaban J connectivity index is 3.44. The Morgan fingerprint density at radius 3 is 2.06 bits per heavy atom. The van der Waals surface area contributed by atoms with Gasteiger partial charge in [0.15, 0.2) is 11.6 Å². The summed E-state index contributed by atoms with van der Waals surface area (Å²) in [6, 6.07) is 4.38. The van der Waals surface area contributed by atoms with Crippen molar-refractivity contribution in [3.8, 4) is 0 Å². The van der Waals surface area contributed by atoms with Crippen molar-refractivity contribution in [1.29, 1.82) is 0 Å².